The SMILES string of the molecule is CCOC(OCC)C(Cc1cnn(CC)c1)NC. The van der Waals surface area contributed by atoms with E-state index in [0.717, 1.165) is 13.0 Å². The summed E-state index contributed by atoms with van der Waals surface area (Å²) in [5.41, 5.74) is 1.20. The van der Waals surface area contributed by atoms with Crippen molar-refractivity contribution in [3.63, 3.8) is 0 Å². The third-order valence-corrected chi connectivity index (χ3v) is 2.83. The zero-order chi connectivity index (χ0) is 13.4. The third-order valence-electron chi connectivity index (χ3n) is 2.83. The summed E-state index contributed by atoms with van der Waals surface area (Å²) in [5, 5.41) is 7.54. The van der Waals surface area contributed by atoms with Crippen LogP contribution in [0.4, 0.5) is 0 Å². The molecule has 1 unspecified atom stereocenters. The number of aryl methyl sites for hydroxylation is 1. The second kappa shape index (κ2) is 8.24. The first-order valence-corrected chi connectivity index (χ1v) is 6.66. The minimum Gasteiger partial charge on any atom is -0.351 e. The van der Waals surface area contributed by atoms with Crippen molar-refractivity contribution in [1.82, 2.24) is 15.1 Å². The maximum absolute atomic E-state index is 5.63. The number of ether oxygens (including phenoxy) is 2. The minimum atomic E-state index is -0.213. The molecular formula is C13H25N3O2. The van der Waals surface area contributed by atoms with E-state index in [-0.39, 0.29) is 12.3 Å². The average Bonchev–Trinajstić information content (AvgIpc) is 2.83. The van der Waals surface area contributed by atoms with Crippen LogP contribution in [-0.4, -0.2) is 42.4 Å². The van der Waals surface area contributed by atoms with Crippen LogP contribution in [0.1, 0.15) is 26.3 Å². The maximum atomic E-state index is 5.63. The lowest BCUT2D eigenvalue weighted by Crippen LogP contribution is -2.42. The summed E-state index contributed by atoms with van der Waals surface area (Å²) in [4.78, 5) is 0. The Hall–Kier alpha value is -0.910. The molecule has 0 radical (unpaired) electrons. The van der Waals surface area contributed by atoms with Gasteiger partial charge in [-0.25, -0.2) is 0 Å². The molecule has 5 heteroatoms. The van der Waals surface area contributed by atoms with E-state index < -0.39 is 0 Å². The van der Waals surface area contributed by atoms with Gasteiger partial charge in [0.05, 0.1) is 12.2 Å². The topological polar surface area (TPSA) is 48.3 Å². The van der Waals surface area contributed by atoms with Gasteiger partial charge < -0.3 is 14.8 Å². The van der Waals surface area contributed by atoms with Crippen LogP contribution >= 0.6 is 0 Å². The molecule has 0 amide bonds. The molecule has 1 N–H and O–H groups in total. The van der Waals surface area contributed by atoms with Crippen LogP contribution in [0.2, 0.25) is 0 Å². The molecule has 1 atom stereocenters. The lowest BCUT2D eigenvalue weighted by atomic mass is 10.1. The van der Waals surface area contributed by atoms with E-state index in [2.05, 4.69) is 23.5 Å². The zero-order valence-corrected chi connectivity index (χ0v) is 11.8. The van der Waals surface area contributed by atoms with Crippen molar-refractivity contribution >= 4 is 0 Å². The Kier molecular flexibility index (Phi) is 6.93. The van der Waals surface area contributed by atoms with Gasteiger partial charge in [-0.1, -0.05) is 0 Å². The van der Waals surface area contributed by atoms with Gasteiger partial charge in [-0.2, -0.15) is 5.10 Å². The van der Waals surface area contributed by atoms with E-state index in [1.165, 1.54) is 5.56 Å². The van der Waals surface area contributed by atoms with Gasteiger partial charge in [0.1, 0.15) is 0 Å². The second-order valence-electron chi connectivity index (χ2n) is 4.08. The Morgan fingerprint density at radius 2 is 1.94 bits per heavy atom. The highest BCUT2D eigenvalue weighted by Gasteiger charge is 2.21. The Bertz CT molecular complexity index is 322. The number of hydrogen-bond acceptors (Lipinski definition) is 4. The number of rotatable bonds is 9. The van der Waals surface area contributed by atoms with Crippen LogP contribution in [0, 0.1) is 0 Å². The van der Waals surface area contributed by atoms with Crippen molar-refractivity contribution in [2.45, 2.75) is 46.1 Å². The van der Waals surface area contributed by atoms with Gasteiger partial charge in [0, 0.05) is 26.0 Å². The molecular weight excluding hydrogens is 230 g/mol. The molecule has 104 valence electrons. The van der Waals surface area contributed by atoms with Gasteiger partial charge in [0.15, 0.2) is 6.29 Å². The van der Waals surface area contributed by atoms with Crippen molar-refractivity contribution < 1.29 is 9.47 Å². The van der Waals surface area contributed by atoms with Gasteiger partial charge in [-0.3, -0.25) is 4.68 Å². The quantitative estimate of drug-likeness (QED) is 0.678. The predicted molar refractivity (Wildman–Crippen MR) is 71.5 cm³/mol. The number of hydrogen-bond donors (Lipinski definition) is 1. The van der Waals surface area contributed by atoms with Gasteiger partial charge in [0.2, 0.25) is 0 Å². The molecule has 1 aromatic heterocycles. The summed E-state index contributed by atoms with van der Waals surface area (Å²) in [6.07, 6.45) is 4.61. The molecule has 0 fully saturated rings. The summed E-state index contributed by atoms with van der Waals surface area (Å²) in [6, 6.07) is 0.138. The average molecular weight is 255 g/mol. The van der Waals surface area contributed by atoms with Gasteiger partial charge in [-0.05, 0) is 39.8 Å². The Morgan fingerprint density at radius 1 is 1.28 bits per heavy atom. The van der Waals surface area contributed by atoms with E-state index >= 15 is 0 Å². The highest BCUT2D eigenvalue weighted by molar-refractivity contribution is 5.06. The van der Waals surface area contributed by atoms with Crippen LogP contribution in [0.15, 0.2) is 12.4 Å². The van der Waals surface area contributed by atoms with Crippen LogP contribution in [-0.2, 0) is 22.4 Å². The second-order valence-corrected chi connectivity index (χ2v) is 4.08. The van der Waals surface area contributed by atoms with Crippen LogP contribution < -0.4 is 5.32 Å². The molecule has 1 heterocycles. The van der Waals surface area contributed by atoms with Crippen LogP contribution in [0.5, 0.6) is 0 Å². The molecule has 0 aliphatic carbocycles. The van der Waals surface area contributed by atoms with Crippen molar-refractivity contribution in [3.05, 3.63) is 18.0 Å². The number of likely N-dealkylation sites (N-methyl/N-ethyl adjacent to an activating group) is 1. The molecule has 0 bridgehead atoms. The fourth-order valence-electron chi connectivity index (χ4n) is 1.88. The van der Waals surface area contributed by atoms with E-state index in [1.807, 2.05) is 31.8 Å². The zero-order valence-electron chi connectivity index (χ0n) is 11.8. The molecule has 0 aromatic carbocycles. The molecule has 1 rings (SSSR count). The highest BCUT2D eigenvalue weighted by Crippen LogP contribution is 2.09. The third kappa shape index (κ3) is 4.40. The number of nitrogens with one attached hydrogen (secondary N) is 1. The number of nitrogens with zero attached hydrogens (tertiary/aromatic N) is 2. The lowest BCUT2D eigenvalue weighted by molar-refractivity contribution is -0.152. The number of aromatic nitrogens is 2. The summed E-state index contributed by atoms with van der Waals surface area (Å²) in [6.45, 7) is 8.23. The normalized spacial score (nSPS) is 13.2. The van der Waals surface area contributed by atoms with E-state index in [4.69, 9.17) is 9.47 Å². The fourth-order valence-corrected chi connectivity index (χ4v) is 1.88. The van der Waals surface area contributed by atoms with Gasteiger partial charge in [-0.15, -0.1) is 0 Å². The lowest BCUT2D eigenvalue weighted by Gasteiger charge is -2.26. The van der Waals surface area contributed by atoms with Gasteiger partial charge in [0.25, 0.3) is 0 Å². The van der Waals surface area contributed by atoms with Crippen molar-refractivity contribution in [1.29, 1.82) is 0 Å². The van der Waals surface area contributed by atoms with E-state index in [9.17, 15) is 0 Å². The predicted octanol–water partition coefficient (Wildman–Crippen LogP) is 1.43. The summed E-state index contributed by atoms with van der Waals surface area (Å²) in [7, 11) is 1.93. The Labute approximate surface area is 109 Å². The van der Waals surface area contributed by atoms with Crippen molar-refractivity contribution in [2.24, 2.45) is 0 Å². The highest BCUT2D eigenvalue weighted by atomic mass is 16.7. The molecule has 5 nitrogen and oxygen atoms in total. The minimum absolute atomic E-state index is 0.138. The summed E-state index contributed by atoms with van der Waals surface area (Å²) >= 11 is 0. The monoisotopic (exact) mass is 255 g/mol. The largest absolute Gasteiger partial charge is 0.351 e. The maximum Gasteiger partial charge on any atom is 0.172 e. The molecule has 0 aliphatic rings. The first-order valence-electron chi connectivity index (χ1n) is 6.66. The molecule has 1 aromatic rings. The molecule has 0 saturated carbocycles. The smallest absolute Gasteiger partial charge is 0.172 e. The van der Waals surface area contributed by atoms with Crippen molar-refractivity contribution in [3.8, 4) is 0 Å². The summed E-state index contributed by atoms with van der Waals surface area (Å²) in [5.74, 6) is 0. The van der Waals surface area contributed by atoms with Crippen molar-refractivity contribution in [2.75, 3.05) is 20.3 Å². The van der Waals surface area contributed by atoms with Crippen LogP contribution in [0.3, 0.4) is 0 Å². The molecule has 0 aliphatic heterocycles. The molecule has 18 heavy (non-hydrogen) atoms. The molecule has 0 saturated heterocycles. The standard InChI is InChI=1S/C13H25N3O2/c1-5-16-10-11(9-15-16)8-12(14-4)13(17-6-2)18-7-3/h9-10,12-14H,5-8H2,1-4H3. The first kappa shape index (κ1) is 15.1. The van der Waals surface area contributed by atoms with Crippen LogP contribution in [0.25, 0.3) is 0 Å². The van der Waals surface area contributed by atoms with E-state index in [1.54, 1.807) is 0 Å². The summed E-state index contributed by atoms with van der Waals surface area (Å²) < 4.78 is 13.2. The first-order chi connectivity index (χ1) is 8.74. The van der Waals surface area contributed by atoms with E-state index in [0.29, 0.717) is 13.2 Å². The fraction of sp³-hybridized carbons (Fsp3) is 0.769. The Morgan fingerprint density at radius 3 is 2.39 bits per heavy atom. The Balaban J connectivity index is 2.62. The molecule has 0 spiro atoms. The van der Waals surface area contributed by atoms with Gasteiger partial charge >= 0.3 is 0 Å².